The normalized spacial score (nSPS) is 20.9. The lowest BCUT2D eigenvalue weighted by Crippen LogP contribution is -2.36. The quantitative estimate of drug-likeness (QED) is 0.854. The van der Waals surface area contributed by atoms with Gasteiger partial charge in [0.05, 0.1) is 17.7 Å². The maximum Gasteiger partial charge on any atom is 0.135 e. The smallest absolute Gasteiger partial charge is 0.135 e. The van der Waals surface area contributed by atoms with E-state index in [1.165, 1.54) is 16.8 Å². The summed E-state index contributed by atoms with van der Waals surface area (Å²) in [6, 6.07) is 13.1. The minimum absolute atomic E-state index is 0.120. The molecule has 1 atom stereocenters. The summed E-state index contributed by atoms with van der Waals surface area (Å²) in [6.45, 7) is 4.83. The van der Waals surface area contributed by atoms with Gasteiger partial charge in [-0.05, 0) is 24.8 Å². The molecule has 0 amide bonds. The van der Waals surface area contributed by atoms with Gasteiger partial charge in [0.15, 0.2) is 0 Å². The number of piperidine rings is 1. The Balaban J connectivity index is 1.50. The first-order chi connectivity index (χ1) is 12.8. The summed E-state index contributed by atoms with van der Waals surface area (Å²) < 4.78 is 0. The summed E-state index contributed by atoms with van der Waals surface area (Å²) in [6.07, 6.45) is 5.72. The molecular formula is C21H25N5. The van der Waals surface area contributed by atoms with Gasteiger partial charge in [-0.25, -0.2) is 9.97 Å². The Hall–Kier alpha value is -2.45. The molecule has 134 valence electrons. The SMILES string of the molecule is N#C[C@@H]1CCCN(c2ncnc3c2CCN(Cc2ccccc2)CC3)C1. The predicted octanol–water partition coefficient (Wildman–Crippen LogP) is 2.82. The molecule has 26 heavy (non-hydrogen) atoms. The first-order valence-corrected chi connectivity index (χ1v) is 9.57. The van der Waals surface area contributed by atoms with Gasteiger partial charge in [-0.3, -0.25) is 4.90 Å². The van der Waals surface area contributed by atoms with E-state index in [1.54, 1.807) is 6.33 Å². The molecule has 5 nitrogen and oxygen atoms in total. The highest BCUT2D eigenvalue weighted by Crippen LogP contribution is 2.28. The van der Waals surface area contributed by atoms with E-state index in [4.69, 9.17) is 0 Å². The van der Waals surface area contributed by atoms with Gasteiger partial charge in [0.2, 0.25) is 0 Å². The lowest BCUT2D eigenvalue weighted by atomic mass is 9.98. The maximum absolute atomic E-state index is 9.30. The highest BCUT2D eigenvalue weighted by Gasteiger charge is 2.25. The number of aromatic nitrogens is 2. The highest BCUT2D eigenvalue weighted by atomic mass is 15.2. The van der Waals surface area contributed by atoms with E-state index in [-0.39, 0.29) is 5.92 Å². The lowest BCUT2D eigenvalue weighted by Gasteiger charge is -2.32. The third-order valence-corrected chi connectivity index (χ3v) is 5.51. The molecule has 1 aromatic carbocycles. The van der Waals surface area contributed by atoms with Crippen LogP contribution in [0, 0.1) is 17.2 Å². The molecule has 0 spiro atoms. The largest absolute Gasteiger partial charge is 0.355 e. The van der Waals surface area contributed by atoms with Crippen LogP contribution in [0.4, 0.5) is 5.82 Å². The summed E-state index contributed by atoms with van der Waals surface area (Å²) in [7, 11) is 0. The zero-order valence-electron chi connectivity index (χ0n) is 15.1. The molecule has 2 aromatic rings. The van der Waals surface area contributed by atoms with Crippen LogP contribution in [0.1, 0.15) is 29.7 Å². The van der Waals surface area contributed by atoms with E-state index in [2.05, 4.69) is 56.2 Å². The van der Waals surface area contributed by atoms with Crippen molar-refractivity contribution in [3.05, 3.63) is 53.5 Å². The van der Waals surface area contributed by atoms with E-state index in [0.29, 0.717) is 0 Å². The molecule has 0 bridgehead atoms. The third-order valence-electron chi connectivity index (χ3n) is 5.51. The van der Waals surface area contributed by atoms with Crippen molar-refractivity contribution in [2.45, 2.75) is 32.2 Å². The Bertz CT molecular complexity index is 783. The van der Waals surface area contributed by atoms with Crippen molar-refractivity contribution >= 4 is 5.82 Å². The van der Waals surface area contributed by atoms with Crippen molar-refractivity contribution in [2.75, 3.05) is 31.1 Å². The molecule has 1 fully saturated rings. The fourth-order valence-corrected chi connectivity index (χ4v) is 4.10. The van der Waals surface area contributed by atoms with E-state index >= 15 is 0 Å². The van der Waals surface area contributed by atoms with Gasteiger partial charge in [-0.1, -0.05) is 30.3 Å². The van der Waals surface area contributed by atoms with E-state index in [9.17, 15) is 5.26 Å². The lowest BCUT2D eigenvalue weighted by molar-refractivity contribution is 0.279. The van der Waals surface area contributed by atoms with Gasteiger partial charge < -0.3 is 4.90 Å². The molecule has 0 saturated carbocycles. The first-order valence-electron chi connectivity index (χ1n) is 9.57. The number of rotatable bonds is 3. The van der Waals surface area contributed by atoms with Gasteiger partial charge in [-0.15, -0.1) is 0 Å². The summed E-state index contributed by atoms with van der Waals surface area (Å²) in [5.74, 6) is 1.19. The van der Waals surface area contributed by atoms with Crippen molar-refractivity contribution in [3.8, 4) is 6.07 Å². The second kappa shape index (κ2) is 7.84. The molecule has 0 radical (unpaired) electrons. The Morgan fingerprint density at radius 1 is 1.08 bits per heavy atom. The number of hydrogen-bond acceptors (Lipinski definition) is 5. The summed E-state index contributed by atoms with van der Waals surface area (Å²) >= 11 is 0. The van der Waals surface area contributed by atoms with Gasteiger partial charge in [0.25, 0.3) is 0 Å². The molecule has 2 aliphatic rings. The monoisotopic (exact) mass is 347 g/mol. The van der Waals surface area contributed by atoms with Crippen LogP contribution < -0.4 is 4.90 Å². The molecule has 4 rings (SSSR count). The Labute approximate surface area is 155 Å². The molecule has 1 aromatic heterocycles. The topological polar surface area (TPSA) is 56.1 Å². The Morgan fingerprint density at radius 3 is 2.77 bits per heavy atom. The van der Waals surface area contributed by atoms with Crippen LogP contribution in [0.25, 0.3) is 0 Å². The van der Waals surface area contributed by atoms with Crippen LogP contribution >= 0.6 is 0 Å². The number of anilines is 1. The Kier molecular flexibility index (Phi) is 5.12. The molecule has 5 heteroatoms. The number of benzene rings is 1. The van der Waals surface area contributed by atoms with Crippen LogP contribution in [0.3, 0.4) is 0 Å². The maximum atomic E-state index is 9.30. The Morgan fingerprint density at radius 2 is 1.92 bits per heavy atom. The zero-order valence-corrected chi connectivity index (χ0v) is 15.1. The molecular weight excluding hydrogens is 322 g/mol. The van der Waals surface area contributed by atoms with Gasteiger partial charge >= 0.3 is 0 Å². The van der Waals surface area contributed by atoms with Crippen molar-refractivity contribution in [1.82, 2.24) is 14.9 Å². The minimum Gasteiger partial charge on any atom is -0.355 e. The van der Waals surface area contributed by atoms with E-state index in [1.807, 2.05) is 0 Å². The van der Waals surface area contributed by atoms with Crippen molar-refractivity contribution < 1.29 is 0 Å². The average molecular weight is 347 g/mol. The zero-order chi connectivity index (χ0) is 17.8. The van der Waals surface area contributed by atoms with Crippen molar-refractivity contribution in [2.24, 2.45) is 5.92 Å². The molecule has 3 heterocycles. The third kappa shape index (κ3) is 3.71. The predicted molar refractivity (Wildman–Crippen MR) is 102 cm³/mol. The highest BCUT2D eigenvalue weighted by molar-refractivity contribution is 5.50. The summed E-state index contributed by atoms with van der Waals surface area (Å²) in [5.41, 5.74) is 3.84. The van der Waals surface area contributed by atoms with Crippen molar-refractivity contribution in [1.29, 1.82) is 5.26 Å². The van der Waals surface area contributed by atoms with Crippen LogP contribution in [0.5, 0.6) is 0 Å². The second-order valence-electron chi connectivity index (χ2n) is 7.30. The van der Waals surface area contributed by atoms with Crippen LogP contribution in [0.2, 0.25) is 0 Å². The molecule has 2 aliphatic heterocycles. The fraction of sp³-hybridized carbons (Fsp3) is 0.476. The number of hydrogen-bond donors (Lipinski definition) is 0. The second-order valence-corrected chi connectivity index (χ2v) is 7.30. The van der Waals surface area contributed by atoms with Crippen LogP contribution in [0.15, 0.2) is 36.7 Å². The van der Waals surface area contributed by atoms with Gasteiger partial charge in [-0.2, -0.15) is 5.26 Å². The van der Waals surface area contributed by atoms with Crippen molar-refractivity contribution in [3.63, 3.8) is 0 Å². The number of nitriles is 1. The fourth-order valence-electron chi connectivity index (χ4n) is 4.10. The molecule has 1 saturated heterocycles. The van der Waals surface area contributed by atoms with Crippen LogP contribution in [-0.4, -0.2) is 41.0 Å². The summed E-state index contributed by atoms with van der Waals surface area (Å²) in [5, 5.41) is 9.30. The number of fused-ring (bicyclic) bond motifs is 1. The van der Waals surface area contributed by atoms with Gasteiger partial charge in [0.1, 0.15) is 12.1 Å². The molecule has 0 aliphatic carbocycles. The van der Waals surface area contributed by atoms with Gasteiger partial charge in [0, 0.05) is 44.7 Å². The van der Waals surface area contributed by atoms with E-state index in [0.717, 1.165) is 64.2 Å². The standard InChI is InChI=1S/C21H25N5/c22-13-18-7-4-10-26(15-18)21-19-8-11-25(12-9-20(19)23-16-24-21)14-17-5-2-1-3-6-17/h1-3,5-6,16,18H,4,7-12,14-15H2/t18-/m0/s1. The first kappa shape index (κ1) is 17.0. The number of nitrogens with zero attached hydrogens (tertiary/aromatic N) is 5. The minimum atomic E-state index is 0.120. The van der Waals surface area contributed by atoms with E-state index < -0.39 is 0 Å². The average Bonchev–Trinajstić information content (AvgIpc) is 2.91. The summed E-state index contributed by atoms with van der Waals surface area (Å²) in [4.78, 5) is 14.0. The molecule has 0 N–H and O–H groups in total. The molecule has 0 unspecified atom stereocenters. The van der Waals surface area contributed by atoms with Crippen LogP contribution in [-0.2, 0) is 19.4 Å².